The average molecular weight is 350 g/mol. The Bertz CT molecular complexity index is 1070. The second-order valence-corrected chi connectivity index (χ2v) is 6.32. The first-order chi connectivity index (χ1) is 12.5. The summed E-state index contributed by atoms with van der Waals surface area (Å²) >= 11 is 0. The zero-order chi connectivity index (χ0) is 18.3. The Morgan fingerprint density at radius 1 is 1.12 bits per heavy atom. The molecule has 3 aromatic rings. The summed E-state index contributed by atoms with van der Waals surface area (Å²) in [5.41, 5.74) is 2.77. The number of hydrogen-bond acceptors (Lipinski definition) is 4. The van der Waals surface area contributed by atoms with Gasteiger partial charge in [-0.05, 0) is 43.7 Å². The molecule has 26 heavy (non-hydrogen) atoms. The predicted octanol–water partition coefficient (Wildman–Crippen LogP) is 2.92. The van der Waals surface area contributed by atoms with Crippen LogP contribution in [0.4, 0.5) is 5.69 Å². The SMILES string of the molecule is Cc1c(C)c2ccc(NC(=O)C3COc4ccccc4O3)cc2[nH]c1=O. The quantitative estimate of drug-likeness (QED) is 0.745. The molecule has 2 N–H and O–H groups in total. The van der Waals surface area contributed by atoms with Crippen molar-refractivity contribution in [1.82, 2.24) is 4.98 Å². The molecule has 0 saturated carbocycles. The summed E-state index contributed by atoms with van der Waals surface area (Å²) in [6, 6.07) is 12.7. The molecule has 1 unspecified atom stereocenters. The smallest absolute Gasteiger partial charge is 0.269 e. The number of aromatic amines is 1. The third-order valence-electron chi connectivity index (χ3n) is 4.64. The number of fused-ring (bicyclic) bond motifs is 2. The van der Waals surface area contributed by atoms with E-state index in [1.165, 1.54) is 0 Å². The number of ether oxygens (including phenoxy) is 2. The molecule has 4 rings (SSSR count). The number of benzene rings is 2. The zero-order valence-corrected chi connectivity index (χ0v) is 14.5. The number of anilines is 1. The number of hydrogen-bond donors (Lipinski definition) is 2. The fraction of sp³-hybridized carbons (Fsp3) is 0.200. The number of nitrogens with one attached hydrogen (secondary N) is 2. The van der Waals surface area contributed by atoms with Gasteiger partial charge < -0.3 is 19.8 Å². The molecule has 0 bridgehead atoms. The number of carbonyl (C=O) groups is 1. The van der Waals surface area contributed by atoms with Crippen LogP contribution in [0.15, 0.2) is 47.3 Å². The van der Waals surface area contributed by atoms with Crippen LogP contribution in [0.3, 0.4) is 0 Å². The van der Waals surface area contributed by atoms with Crippen molar-refractivity contribution in [2.75, 3.05) is 11.9 Å². The van der Waals surface area contributed by atoms with Crippen molar-refractivity contribution in [3.05, 3.63) is 63.9 Å². The monoisotopic (exact) mass is 350 g/mol. The zero-order valence-electron chi connectivity index (χ0n) is 14.5. The van der Waals surface area contributed by atoms with Crippen LogP contribution in [0.25, 0.3) is 10.9 Å². The molecule has 0 spiro atoms. The van der Waals surface area contributed by atoms with Gasteiger partial charge in [0.1, 0.15) is 6.61 Å². The molecule has 2 aromatic carbocycles. The van der Waals surface area contributed by atoms with E-state index in [4.69, 9.17) is 9.47 Å². The minimum atomic E-state index is -0.737. The lowest BCUT2D eigenvalue weighted by Crippen LogP contribution is -2.40. The van der Waals surface area contributed by atoms with Crippen molar-refractivity contribution in [1.29, 1.82) is 0 Å². The Balaban J connectivity index is 1.57. The number of aryl methyl sites for hydroxylation is 1. The fourth-order valence-electron chi connectivity index (χ4n) is 3.01. The van der Waals surface area contributed by atoms with E-state index in [9.17, 15) is 9.59 Å². The highest BCUT2D eigenvalue weighted by atomic mass is 16.6. The van der Waals surface area contributed by atoms with Gasteiger partial charge in [-0.15, -0.1) is 0 Å². The Morgan fingerprint density at radius 3 is 2.69 bits per heavy atom. The molecule has 1 aliphatic heterocycles. The number of pyridine rings is 1. The second-order valence-electron chi connectivity index (χ2n) is 6.32. The summed E-state index contributed by atoms with van der Waals surface area (Å²) in [4.78, 5) is 27.3. The third kappa shape index (κ3) is 2.79. The Morgan fingerprint density at radius 2 is 1.88 bits per heavy atom. The predicted molar refractivity (Wildman–Crippen MR) is 99.0 cm³/mol. The second kappa shape index (κ2) is 6.22. The first-order valence-electron chi connectivity index (χ1n) is 8.35. The van der Waals surface area contributed by atoms with Crippen molar-refractivity contribution in [2.45, 2.75) is 20.0 Å². The Labute approximate surface area is 149 Å². The summed E-state index contributed by atoms with van der Waals surface area (Å²) < 4.78 is 11.3. The number of para-hydroxylation sites is 2. The average Bonchev–Trinajstić information content (AvgIpc) is 2.65. The summed E-state index contributed by atoms with van der Waals surface area (Å²) in [7, 11) is 0. The standard InChI is InChI=1S/C20H18N2O4/c1-11-12(2)19(23)22-15-9-13(7-8-14(11)15)21-20(24)18-10-25-16-5-3-4-6-17(16)26-18/h3-9,18H,10H2,1-2H3,(H,21,24)(H,22,23). The van der Waals surface area contributed by atoms with Crippen molar-refractivity contribution in [3.63, 3.8) is 0 Å². The number of rotatable bonds is 2. The van der Waals surface area contributed by atoms with Gasteiger partial charge in [-0.3, -0.25) is 9.59 Å². The molecular weight excluding hydrogens is 332 g/mol. The first-order valence-corrected chi connectivity index (χ1v) is 8.35. The van der Waals surface area contributed by atoms with E-state index in [2.05, 4.69) is 10.3 Å². The lowest BCUT2D eigenvalue weighted by atomic mass is 10.1. The van der Waals surface area contributed by atoms with Crippen molar-refractivity contribution in [3.8, 4) is 11.5 Å². The van der Waals surface area contributed by atoms with Crippen LogP contribution in [0.1, 0.15) is 11.1 Å². The van der Waals surface area contributed by atoms with E-state index in [0.29, 0.717) is 28.3 Å². The first kappa shape index (κ1) is 16.2. The molecule has 1 amide bonds. The van der Waals surface area contributed by atoms with Crippen LogP contribution in [0.2, 0.25) is 0 Å². The lowest BCUT2D eigenvalue weighted by Gasteiger charge is -2.25. The third-order valence-corrected chi connectivity index (χ3v) is 4.64. The molecule has 1 atom stereocenters. The molecule has 1 aromatic heterocycles. The highest BCUT2D eigenvalue weighted by Crippen LogP contribution is 2.31. The van der Waals surface area contributed by atoms with Gasteiger partial charge in [0.05, 0.1) is 5.52 Å². The van der Waals surface area contributed by atoms with E-state index >= 15 is 0 Å². The number of carbonyl (C=O) groups excluding carboxylic acids is 1. The maximum Gasteiger partial charge on any atom is 0.269 e. The van der Waals surface area contributed by atoms with Crippen LogP contribution in [0.5, 0.6) is 11.5 Å². The van der Waals surface area contributed by atoms with E-state index in [1.54, 1.807) is 25.1 Å². The Hall–Kier alpha value is -3.28. The van der Waals surface area contributed by atoms with Crippen LogP contribution in [0, 0.1) is 13.8 Å². The van der Waals surface area contributed by atoms with Gasteiger partial charge in [-0.25, -0.2) is 0 Å². The molecule has 2 heterocycles. The molecule has 6 nitrogen and oxygen atoms in total. The molecule has 0 saturated heterocycles. The number of aromatic nitrogens is 1. The van der Waals surface area contributed by atoms with Gasteiger partial charge in [-0.2, -0.15) is 0 Å². The highest BCUT2D eigenvalue weighted by molar-refractivity contribution is 5.97. The van der Waals surface area contributed by atoms with Crippen LogP contribution in [-0.2, 0) is 4.79 Å². The van der Waals surface area contributed by atoms with Gasteiger partial charge in [0.15, 0.2) is 11.5 Å². The lowest BCUT2D eigenvalue weighted by molar-refractivity contribution is -0.125. The maximum atomic E-state index is 12.5. The highest BCUT2D eigenvalue weighted by Gasteiger charge is 2.27. The van der Waals surface area contributed by atoms with Crippen LogP contribution < -0.4 is 20.3 Å². The molecule has 0 radical (unpaired) electrons. The normalized spacial score (nSPS) is 15.7. The molecular formula is C20H18N2O4. The van der Waals surface area contributed by atoms with E-state index < -0.39 is 6.10 Å². The number of H-pyrrole nitrogens is 1. The summed E-state index contributed by atoms with van der Waals surface area (Å²) in [5, 5.41) is 3.77. The summed E-state index contributed by atoms with van der Waals surface area (Å²) in [5.74, 6) is 0.878. The van der Waals surface area contributed by atoms with Gasteiger partial charge in [0, 0.05) is 16.6 Å². The van der Waals surface area contributed by atoms with E-state index in [-0.39, 0.29) is 18.1 Å². The summed E-state index contributed by atoms with van der Waals surface area (Å²) in [6.45, 7) is 3.85. The molecule has 1 aliphatic rings. The molecule has 0 fully saturated rings. The minimum Gasteiger partial charge on any atom is -0.485 e. The Kier molecular flexibility index (Phi) is 3.88. The maximum absolute atomic E-state index is 12.5. The largest absolute Gasteiger partial charge is 0.485 e. The van der Waals surface area contributed by atoms with E-state index in [1.807, 2.05) is 31.2 Å². The van der Waals surface area contributed by atoms with Crippen molar-refractivity contribution in [2.24, 2.45) is 0 Å². The van der Waals surface area contributed by atoms with Crippen LogP contribution in [-0.4, -0.2) is 23.6 Å². The topological polar surface area (TPSA) is 80.4 Å². The molecule has 6 heteroatoms. The van der Waals surface area contributed by atoms with Crippen molar-refractivity contribution < 1.29 is 14.3 Å². The van der Waals surface area contributed by atoms with Gasteiger partial charge in [-0.1, -0.05) is 18.2 Å². The molecule has 132 valence electrons. The fourth-order valence-corrected chi connectivity index (χ4v) is 3.01. The van der Waals surface area contributed by atoms with E-state index in [0.717, 1.165) is 10.9 Å². The minimum absolute atomic E-state index is 0.126. The van der Waals surface area contributed by atoms with Gasteiger partial charge in [0.2, 0.25) is 6.10 Å². The van der Waals surface area contributed by atoms with Crippen molar-refractivity contribution >= 4 is 22.5 Å². The summed E-state index contributed by atoms with van der Waals surface area (Å²) in [6.07, 6.45) is -0.737. The van der Waals surface area contributed by atoms with Gasteiger partial charge >= 0.3 is 0 Å². The molecule has 0 aliphatic carbocycles. The van der Waals surface area contributed by atoms with Crippen LogP contribution >= 0.6 is 0 Å². The number of amides is 1. The van der Waals surface area contributed by atoms with Gasteiger partial charge in [0.25, 0.3) is 11.5 Å².